The molecule has 2 aromatic carbocycles. The highest BCUT2D eigenvalue weighted by Crippen LogP contribution is 2.19. The van der Waals surface area contributed by atoms with E-state index in [1.807, 2.05) is 30.3 Å². The van der Waals surface area contributed by atoms with Crippen molar-refractivity contribution in [1.82, 2.24) is 14.8 Å². The molecule has 1 saturated heterocycles. The second-order valence-electron chi connectivity index (χ2n) is 8.69. The molecule has 4 rings (SSSR count). The van der Waals surface area contributed by atoms with Crippen LogP contribution in [-0.4, -0.2) is 41.1 Å². The Morgan fingerprint density at radius 2 is 2.00 bits per heavy atom. The highest BCUT2D eigenvalue weighted by Gasteiger charge is 2.20. The number of amides is 1. The van der Waals surface area contributed by atoms with Gasteiger partial charge >= 0.3 is 5.56 Å². The van der Waals surface area contributed by atoms with Crippen molar-refractivity contribution < 1.29 is 9.21 Å². The maximum atomic E-state index is 12.8. The maximum Gasteiger partial charge on any atom is 0.313 e. The molecule has 0 radical (unpaired) electrons. The molecular weight excluding hydrogens is 416 g/mol. The third-order valence-electron chi connectivity index (χ3n) is 6.47. The number of piperidine rings is 1. The van der Waals surface area contributed by atoms with Crippen molar-refractivity contribution in [1.29, 1.82) is 5.41 Å². The van der Waals surface area contributed by atoms with Crippen molar-refractivity contribution in [2.75, 3.05) is 19.6 Å². The average molecular weight is 449 g/mol. The Bertz CT molecular complexity index is 1220. The lowest BCUT2D eigenvalue weighted by Gasteiger charge is -2.35. The molecule has 1 aromatic heterocycles. The van der Waals surface area contributed by atoms with Crippen LogP contribution in [0.4, 0.5) is 0 Å². The second kappa shape index (κ2) is 10.6. The van der Waals surface area contributed by atoms with Crippen LogP contribution < -0.4 is 16.4 Å². The summed E-state index contributed by atoms with van der Waals surface area (Å²) in [6, 6.07) is 15.3. The fourth-order valence-electron chi connectivity index (χ4n) is 4.67. The van der Waals surface area contributed by atoms with Crippen LogP contribution in [0.5, 0.6) is 0 Å². The molecule has 2 heterocycles. The Morgan fingerprint density at radius 3 is 2.79 bits per heavy atom. The number of carbonyl (C=O) groups is 1. The zero-order chi connectivity index (χ0) is 23.2. The van der Waals surface area contributed by atoms with Crippen molar-refractivity contribution in [2.45, 2.75) is 51.6 Å². The molecule has 3 aromatic rings. The van der Waals surface area contributed by atoms with Gasteiger partial charge in [0.15, 0.2) is 5.58 Å². The minimum Gasteiger partial charge on any atom is -0.433 e. The summed E-state index contributed by atoms with van der Waals surface area (Å²) in [5, 5.41) is 10.9. The van der Waals surface area contributed by atoms with E-state index in [1.54, 1.807) is 18.2 Å². The highest BCUT2D eigenvalue weighted by atomic mass is 16.3. The van der Waals surface area contributed by atoms with E-state index in [9.17, 15) is 9.59 Å². The molecule has 1 amide bonds. The largest absolute Gasteiger partial charge is 0.433 e. The summed E-state index contributed by atoms with van der Waals surface area (Å²) in [7, 11) is 0. The van der Waals surface area contributed by atoms with Crippen LogP contribution in [0.15, 0.2) is 57.7 Å². The molecular formula is C26H32N4O3. The number of fused-ring (bicyclic) bond motifs is 1. The highest BCUT2D eigenvalue weighted by molar-refractivity contribution is 5.97. The van der Waals surface area contributed by atoms with Gasteiger partial charge in [-0.2, -0.15) is 0 Å². The van der Waals surface area contributed by atoms with E-state index in [0.717, 1.165) is 25.1 Å². The molecule has 33 heavy (non-hydrogen) atoms. The Hall–Kier alpha value is -3.19. The lowest BCUT2D eigenvalue weighted by atomic mass is 10.00. The smallest absolute Gasteiger partial charge is 0.313 e. The fourth-order valence-corrected chi connectivity index (χ4v) is 4.67. The van der Waals surface area contributed by atoms with Gasteiger partial charge in [-0.15, -0.1) is 0 Å². The third kappa shape index (κ3) is 5.42. The number of nitrogens with one attached hydrogen (secondary N) is 2. The van der Waals surface area contributed by atoms with Gasteiger partial charge in [0.05, 0.1) is 12.1 Å². The summed E-state index contributed by atoms with van der Waals surface area (Å²) < 4.78 is 6.88. The molecule has 0 bridgehead atoms. The predicted octanol–water partition coefficient (Wildman–Crippen LogP) is 3.51. The van der Waals surface area contributed by atoms with Crippen molar-refractivity contribution in [3.05, 3.63) is 75.6 Å². The van der Waals surface area contributed by atoms with Crippen LogP contribution in [0, 0.1) is 5.41 Å². The average Bonchev–Trinajstić information content (AvgIpc) is 2.85. The SMILES string of the molecule is CCC1CCCCN1CCCNC(=O)c1ccc2oc(=N)c(=O)n(Cc3ccccc3)c2c1. The molecule has 1 fully saturated rings. The van der Waals surface area contributed by atoms with E-state index >= 15 is 0 Å². The summed E-state index contributed by atoms with van der Waals surface area (Å²) in [5.74, 6) is -0.170. The normalized spacial score (nSPS) is 16.7. The molecule has 0 spiro atoms. The monoisotopic (exact) mass is 448 g/mol. The topological polar surface area (TPSA) is 91.3 Å². The fraction of sp³-hybridized carbons (Fsp3) is 0.423. The first kappa shape index (κ1) is 23.0. The van der Waals surface area contributed by atoms with E-state index in [4.69, 9.17) is 9.83 Å². The van der Waals surface area contributed by atoms with Crippen molar-refractivity contribution in [2.24, 2.45) is 0 Å². The number of rotatable bonds is 8. The number of hydrogen-bond acceptors (Lipinski definition) is 5. The predicted molar refractivity (Wildman–Crippen MR) is 128 cm³/mol. The number of carbonyl (C=O) groups excluding carboxylic acids is 1. The Labute approximate surface area is 193 Å². The van der Waals surface area contributed by atoms with Gasteiger partial charge in [-0.05, 0) is 56.0 Å². The van der Waals surface area contributed by atoms with Gasteiger partial charge in [0.2, 0.25) is 0 Å². The van der Waals surface area contributed by atoms with Crippen LogP contribution in [0.1, 0.15) is 54.9 Å². The molecule has 1 unspecified atom stereocenters. The Balaban J connectivity index is 1.47. The summed E-state index contributed by atoms with van der Waals surface area (Å²) in [6.07, 6.45) is 5.94. The number of likely N-dealkylation sites (tertiary alicyclic amines) is 1. The quantitative estimate of drug-likeness (QED) is 0.516. The summed E-state index contributed by atoms with van der Waals surface area (Å²) in [4.78, 5) is 28.0. The zero-order valence-electron chi connectivity index (χ0n) is 19.2. The van der Waals surface area contributed by atoms with Gasteiger partial charge in [-0.25, -0.2) is 0 Å². The Morgan fingerprint density at radius 1 is 1.18 bits per heavy atom. The number of hydrogen-bond donors (Lipinski definition) is 2. The molecule has 1 aliphatic rings. The summed E-state index contributed by atoms with van der Waals surface area (Å²) in [6.45, 7) is 5.31. The molecule has 2 N–H and O–H groups in total. The zero-order valence-corrected chi connectivity index (χ0v) is 19.2. The summed E-state index contributed by atoms with van der Waals surface area (Å²) >= 11 is 0. The number of nitrogens with zero attached hydrogens (tertiary/aromatic N) is 2. The van der Waals surface area contributed by atoms with E-state index in [1.165, 1.54) is 30.3 Å². The Kier molecular flexibility index (Phi) is 7.40. The minimum atomic E-state index is -0.518. The third-order valence-corrected chi connectivity index (χ3v) is 6.47. The van der Waals surface area contributed by atoms with Crippen molar-refractivity contribution in [3.63, 3.8) is 0 Å². The first-order valence-corrected chi connectivity index (χ1v) is 11.9. The lowest BCUT2D eigenvalue weighted by Crippen LogP contribution is -2.40. The van der Waals surface area contributed by atoms with Gasteiger partial charge in [0.25, 0.3) is 11.5 Å². The standard InChI is InChI=1S/C26H32N4O3/c1-2-21-11-6-7-15-29(21)16-8-14-28-25(31)20-12-13-23-22(17-20)30(26(32)24(27)33-23)18-19-9-4-3-5-10-19/h3-5,9-10,12-13,17,21,27H,2,6-8,11,14-16,18H2,1H3,(H,28,31). The maximum absolute atomic E-state index is 12.8. The second-order valence-corrected chi connectivity index (χ2v) is 8.69. The lowest BCUT2D eigenvalue weighted by molar-refractivity contribution is 0.0947. The van der Waals surface area contributed by atoms with Gasteiger partial charge < -0.3 is 14.6 Å². The van der Waals surface area contributed by atoms with Crippen LogP contribution >= 0.6 is 0 Å². The molecule has 174 valence electrons. The van der Waals surface area contributed by atoms with Gasteiger partial charge in [-0.3, -0.25) is 19.6 Å². The van der Waals surface area contributed by atoms with E-state index in [-0.39, 0.29) is 5.91 Å². The van der Waals surface area contributed by atoms with Gasteiger partial charge in [0, 0.05) is 24.7 Å². The minimum absolute atomic E-state index is 0.170. The first-order valence-electron chi connectivity index (χ1n) is 11.9. The van der Waals surface area contributed by atoms with Crippen LogP contribution in [-0.2, 0) is 6.54 Å². The van der Waals surface area contributed by atoms with Crippen molar-refractivity contribution in [3.8, 4) is 0 Å². The van der Waals surface area contributed by atoms with E-state index in [0.29, 0.717) is 35.8 Å². The summed E-state index contributed by atoms with van der Waals surface area (Å²) in [5.41, 5.74) is 1.38. The molecule has 0 saturated carbocycles. The van der Waals surface area contributed by atoms with Crippen LogP contribution in [0.25, 0.3) is 11.1 Å². The van der Waals surface area contributed by atoms with E-state index < -0.39 is 11.1 Å². The van der Waals surface area contributed by atoms with E-state index in [2.05, 4.69) is 17.1 Å². The molecule has 0 aliphatic carbocycles. The van der Waals surface area contributed by atoms with Gasteiger partial charge in [0.1, 0.15) is 0 Å². The molecule has 7 nitrogen and oxygen atoms in total. The first-order chi connectivity index (χ1) is 16.1. The number of benzene rings is 2. The van der Waals surface area contributed by atoms with Crippen LogP contribution in [0.3, 0.4) is 0 Å². The van der Waals surface area contributed by atoms with Crippen LogP contribution in [0.2, 0.25) is 0 Å². The number of aromatic nitrogens is 1. The molecule has 7 heteroatoms. The van der Waals surface area contributed by atoms with Crippen molar-refractivity contribution >= 4 is 17.0 Å². The molecule has 1 aliphatic heterocycles. The van der Waals surface area contributed by atoms with Gasteiger partial charge in [-0.1, -0.05) is 43.7 Å². The molecule has 1 atom stereocenters.